The number of aliphatic carboxylic acids is 1. The fourth-order valence-electron chi connectivity index (χ4n) is 1.51. The van der Waals surface area contributed by atoms with Crippen molar-refractivity contribution < 1.29 is 23.1 Å². The minimum absolute atomic E-state index is 0.0670. The van der Waals surface area contributed by atoms with Gasteiger partial charge in [-0.05, 0) is 36.8 Å². The molecule has 0 unspecified atom stereocenters. The van der Waals surface area contributed by atoms with Crippen molar-refractivity contribution in [2.75, 3.05) is 6.54 Å². The average molecular weight is 311 g/mol. The second kappa shape index (κ2) is 7.70. The van der Waals surface area contributed by atoms with Crippen molar-refractivity contribution >= 4 is 21.8 Å². The Morgan fingerprint density at radius 3 is 2.33 bits per heavy atom. The van der Waals surface area contributed by atoms with Gasteiger partial charge in [-0.3, -0.25) is 4.79 Å². The van der Waals surface area contributed by atoms with Crippen LogP contribution in [0.3, 0.4) is 0 Å². The Labute approximate surface area is 123 Å². The monoisotopic (exact) mass is 311 g/mol. The molecule has 0 atom stereocenters. The summed E-state index contributed by atoms with van der Waals surface area (Å²) in [5, 5.41) is 8.44. The van der Waals surface area contributed by atoms with Crippen LogP contribution in [-0.4, -0.2) is 31.8 Å². The lowest BCUT2D eigenvalue weighted by atomic mass is 10.1. The molecule has 0 amide bonds. The van der Waals surface area contributed by atoms with Gasteiger partial charge in [0.25, 0.3) is 0 Å². The van der Waals surface area contributed by atoms with E-state index in [9.17, 15) is 18.0 Å². The van der Waals surface area contributed by atoms with Gasteiger partial charge in [0.1, 0.15) is 0 Å². The quantitative estimate of drug-likeness (QED) is 0.431. The van der Waals surface area contributed by atoms with Crippen LogP contribution in [0.1, 0.15) is 30.1 Å². The first-order valence-electron chi connectivity index (χ1n) is 6.42. The number of unbranched alkanes of at least 4 members (excludes halogenated alkanes) is 1. The second-order valence-electron chi connectivity index (χ2n) is 4.31. The molecule has 114 valence electrons. The SMILES string of the molecule is CCCCNS(=O)(=O)c1ccc(C(=O)/C=C/C(=O)O)cc1. The van der Waals surface area contributed by atoms with E-state index in [4.69, 9.17) is 5.11 Å². The zero-order chi connectivity index (χ0) is 15.9. The molecular formula is C14H17NO5S. The summed E-state index contributed by atoms with van der Waals surface area (Å²) in [6, 6.07) is 5.33. The van der Waals surface area contributed by atoms with Crippen LogP contribution >= 0.6 is 0 Å². The molecule has 0 aromatic heterocycles. The minimum Gasteiger partial charge on any atom is -0.478 e. The molecule has 0 saturated heterocycles. The highest BCUT2D eigenvalue weighted by Gasteiger charge is 2.13. The summed E-state index contributed by atoms with van der Waals surface area (Å²) in [7, 11) is -3.57. The van der Waals surface area contributed by atoms with Crippen molar-refractivity contribution in [2.24, 2.45) is 0 Å². The van der Waals surface area contributed by atoms with Crippen LogP contribution in [0.2, 0.25) is 0 Å². The molecule has 0 bridgehead atoms. The van der Waals surface area contributed by atoms with E-state index in [1.807, 2.05) is 6.92 Å². The molecule has 0 aliphatic heterocycles. The van der Waals surface area contributed by atoms with Gasteiger partial charge in [0.15, 0.2) is 5.78 Å². The number of nitrogens with one attached hydrogen (secondary N) is 1. The Morgan fingerprint density at radius 1 is 1.19 bits per heavy atom. The summed E-state index contributed by atoms with van der Waals surface area (Å²) < 4.78 is 26.3. The van der Waals surface area contributed by atoms with E-state index >= 15 is 0 Å². The van der Waals surface area contributed by atoms with Crippen molar-refractivity contribution in [3.8, 4) is 0 Å². The van der Waals surface area contributed by atoms with Gasteiger partial charge in [0.2, 0.25) is 10.0 Å². The zero-order valence-corrected chi connectivity index (χ0v) is 12.4. The van der Waals surface area contributed by atoms with Crippen LogP contribution in [0.5, 0.6) is 0 Å². The second-order valence-corrected chi connectivity index (χ2v) is 6.08. The average Bonchev–Trinajstić information content (AvgIpc) is 2.45. The number of benzene rings is 1. The molecule has 1 aromatic carbocycles. The zero-order valence-electron chi connectivity index (χ0n) is 11.6. The first kappa shape index (κ1) is 17.1. The molecule has 6 nitrogen and oxygen atoms in total. The summed E-state index contributed by atoms with van der Waals surface area (Å²) in [5.74, 6) is -1.72. The maximum Gasteiger partial charge on any atom is 0.328 e. The topological polar surface area (TPSA) is 101 Å². The number of carboxylic acid groups (broad SMARTS) is 1. The van der Waals surface area contributed by atoms with Crippen molar-refractivity contribution in [3.63, 3.8) is 0 Å². The molecule has 1 aromatic rings. The van der Waals surface area contributed by atoms with Gasteiger partial charge in [-0.15, -0.1) is 0 Å². The predicted molar refractivity (Wildman–Crippen MR) is 77.6 cm³/mol. The van der Waals surface area contributed by atoms with Crippen molar-refractivity contribution in [3.05, 3.63) is 42.0 Å². The van der Waals surface area contributed by atoms with Gasteiger partial charge >= 0.3 is 5.97 Å². The fourth-order valence-corrected chi connectivity index (χ4v) is 2.58. The third-order valence-electron chi connectivity index (χ3n) is 2.65. The highest BCUT2D eigenvalue weighted by atomic mass is 32.2. The van der Waals surface area contributed by atoms with Crippen LogP contribution in [0, 0.1) is 0 Å². The minimum atomic E-state index is -3.57. The maximum absolute atomic E-state index is 11.9. The highest BCUT2D eigenvalue weighted by molar-refractivity contribution is 7.89. The Bertz CT molecular complexity index is 632. The van der Waals surface area contributed by atoms with E-state index in [0.29, 0.717) is 6.54 Å². The van der Waals surface area contributed by atoms with Gasteiger partial charge < -0.3 is 5.11 Å². The largest absolute Gasteiger partial charge is 0.478 e. The third-order valence-corrected chi connectivity index (χ3v) is 4.13. The molecule has 2 N–H and O–H groups in total. The number of carbonyl (C=O) groups excluding carboxylic acids is 1. The van der Waals surface area contributed by atoms with E-state index < -0.39 is 21.8 Å². The number of sulfonamides is 1. The standard InChI is InChI=1S/C14H17NO5S/c1-2-3-10-15-21(19,20)12-6-4-11(5-7-12)13(16)8-9-14(17)18/h4-9,15H,2-3,10H2,1H3,(H,17,18)/b9-8+. The molecule has 0 heterocycles. The van der Waals surface area contributed by atoms with E-state index in [2.05, 4.69) is 4.72 Å². The number of ketones is 1. The molecular weight excluding hydrogens is 294 g/mol. The number of carbonyl (C=O) groups is 2. The summed E-state index contributed by atoms with van der Waals surface area (Å²) in [5.41, 5.74) is 0.222. The van der Waals surface area contributed by atoms with Crippen LogP contribution in [0.4, 0.5) is 0 Å². The van der Waals surface area contributed by atoms with Crippen molar-refractivity contribution in [2.45, 2.75) is 24.7 Å². The highest BCUT2D eigenvalue weighted by Crippen LogP contribution is 2.11. The first-order valence-corrected chi connectivity index (χ1v) is 7.90. The van der Waals surface area contributed by atoms with Crippen LogP contribution in [0.25, 0.3) is 0 Å². The Kier molecular flexibility index (Phi) is 6.26. The first-order chi connectivity index (χ1) is 9.86. The molecule has 0 fully saturated rings. The summed E-state index contributed by atoms with van der Waals surface area (Å²) >= 11 is 0. The summed E-state index contributed by atoms with van der Waals surface area (Å²) in [4.78, 5) is 22.0. The van der Waals surface area contributed by atoms with Crippen LogP contribution < -0.4 is 4.72 Å². The van der Waals surface area contributed by atoms with E-state index in [1.54, 1.807) is 0 Å². The third kappa shape index (κ3) is 5.49. The molecule has 0 saturated carbocycles. The van der Waals surface area contributed by atoms with Gasteiger partial charge in [0, 0.05) is 18.2 Å². The van der Waals surface area contributed by atoms with Crippen molar-refractivity contribution in [1.82, 2.24) is 4.72 Å². The lowest BCUT2D eigenvalue weighted by Gasteiger charge is -2.06. The van der Waals surface area contributed by atoms with Crippen LogP contribution in [-0.2, 0) is 14.8 Å². The molecule has 0 radical (unpaired) electrons. The van der Waals surface area contributed by atoms with Gasteiger partial charge in [-0.25, -0.2) is 17.9 Å². The molecule has 0 aliphatic rings. The Morgan fingerprint density at radius 2 is 1.81 bits per heavy atom. The molecule has 0 aliphatic carbocycles. The van der Waals surface area contributed by atoms with E-state index in [1.165, 1.54) is 24.3 Å². The van der Waals surface area contributed by atoms with E-state index in [-0.39, 0.29) is 10.5 Å². The predicted octanol–water partition coefficient (Wildman–Crippen LogP) is 1.59. The number of hydrogen-bond donors (Lipinski definition) is 2. The number of hydrogen-bond acceptors (Lipinski definition) is 4. The van der Waals surface area contributed by atoms with Gasteiger partial charge in [-0.1, -0.05) is 13.3 Å². The van der Waals surface area contributed by atoms with Crippen LogP contribution in [0.15, 0.2) is 41.3 Å². The summed E-state index contributed by atoms with van der Waals surface area (Å²) in [6.07, 6.45) is 3.28. The number of rotatable bonds is 8. The maximum atomic E-state index is 11.9. The van der Waals surface area contributed by atoms with Crippen molar-refractivity contribution in [1.29, 1.82) is 0 Å². The number of allylic oxidation sites excluding steroid dienone is 1. The smallest absolute Gasteiger partial charge is 0.328 e. The normalized spacial score (nSPS) is 11.7. The lowest BCUT2D eigenvalue weighted by Crippen LogP contribution is -2.24. The molecule has 21 heavy (non-hydrogen) atoms. The van der Waals surface area contributed by atoms with Gasteiger partial charge in [-0.2, -0.15) is 0 Å². The fraction of sp³-hybridized carbons (Fsp3) is 0.286. The Hall–Kier alpha value is -1.99. The molecule has 1 rings (SSSR count). The Balaban J connectivity index is 2.82. The van der Waals surface area contributed by atoms with Gasteiger partial charge in [0.05, 0.1) is 4.90 Å². The summed E-state index contributed by atoms with van der Waals surface area (Å²) in [6.45, 7) is 2.32. The molecule has 0 spiro atoms. The molecule has 7 heteroatoms. The van der Waals surface area contributed by atoms with E-state index in [0.717, 1.165) is 25.0 Å². The lowest BCUT2D eigenvalue weighted by molar-refractivity contribution is -0.131. The number of carboxylic acids is 1.